The van der Waals surface area contributed by atoms with Crippen molar-refractivity contribution in [3.8, 4) is 0 Å². The van der Waals surface area contributed by atoms with E-state index in [1.807, 2.05) is 24.3 Å². The lowest BCUT2D eigenvalue weighted by Crippen LogP contribution is -2.26. The van der Waals surface area contributed by atoms with Gasteiger partial charge in [0.25, 0.3) is 0 Å². The molecule has 0 bridgehead atoms. The van der Waals surface area contributed by atoms with E-state index in [2.05, 4.69) is 0 Å². The molecule has 2 rings (SSSR count). The average molecular weight is 196 g/mol. The van der Waals surface area contributed by atoms with Crippen LogP contribution < -0.4 is 5.73 Å². The minimum atomic E-state index is 0.141. The van der Waals surface area contributed by atoms with Crippen molar-refractivity contribution in [3.05, 3.63) is 34.9 Å². The van der Waals surface area contributed by atoms with E-state index in [0.29, 0.717) is 5.92 Å². The van der Waals surface area contributed by atoms with E-state index < -0.39 is 0 Å². The van der Waals surface area contributed by atoms with E-state index in [0.717, 1.165) is 10.6 Å². The van der Waals surface area contributed by atoms with E-state index in [1.165, 1.54) is 19.3 Å². The summed E-state index contributed by atoms with van der Waals surface area (Å²) in [6.07, 6.45) is 3.83. The van der Waals surface area contributed by atoms with Gasteiger partial charge in [-0.25, -0.2) is 0 Å². The topological polar surface area (TPSA) is 26.0 Å². The maximum Gasteiger partial charge on any atom is 0.0453 e. The highest BCUT2D eigenvalue weighted by Crippen LogP contribution is 2.38. The van der Waals surface area contributed by atoms with E-state index >= 15 is 0 Å². The molecule has 0 spiro atoms. The molecule has 2 heteroatoms. The summed E-state index contributed by atoms with van der Waals surface area (Å²) in [5.41, 5.74) is 7.22. The van der Waals surface area contributed by atoms with Crippen molar-refractivity contribution < 1.29 is 0 Å². The Morgan fingerprint density at radius 3 is 2.54 bits per heavy atom. The van der Waals surface area contributed by atoms with Crippen molar-refractivity contribution in [3.63, 3.8) is 0 Å². The molecule has 1 aliphatic rings. The Morgan fingerprint density at radius 1 is 1.31 bits per heavy atom. The van der Waals surface area contributed by atoms with Crippen LogP contribution in [0.4, 0.5) is 0 Å². The predicted molar refractivity (Wildman–Crippen MR) is 55.7 cm³/mol. The average Bonchev–Trinajstić information content (AvgIpc) is 2.01. The van der Waals surface area contributed by atoms with Gasteiger partial charge in [-0.1, -0.05) is 36.2 Å². The molecule has 1 aliphatic carbocycles. The van der Waals surface area contributed by atoms with Crippen LogP contribution in [-0.4, -0.2) is 0 Å². The predicted octanol–water partition coefficient (Wildman–Crippen LogP) is 3.14. The van der Waals surface area contributed by atoms with Crippen molar-refractivity contribution in [2.75, 3.05) is 0 Å². The van der Waals surface area contributed by atoms with E-state index in [4.69, 9.17) is 17.3 Å². The summed E-state index contributed by atoms with van der Waals surface area (Å²) >= 11 is 6.06. The van der Waals surface area contributed by atoms with Crippen LogP contribution in [0.3, 0.4) is 0 Å². The summed E-state index contributed by atoms with van der Waals surface area (Å²) < 4.78 is 0. The Bertz CT molecular complexity index is 294. The molecule has 1 aromatic rings. The van der Waals surface area contributed by atoms with Crippen molar-refractivity contribution in [2.24, 2.45) is 11.7 Å². The standard InChI is InChI=1S/C11H14ClN/c12-10-7-2-1-6-9(10)11(13)8-4-3-5-8/h1-2,6-8,11H,3-5,13H2/t11-/m1/s1. The number of halogens is 1. The van der Waals surface area contributed by atoms with Gasteiger partial charge in [-0.05, 0) is 30.4 Å². The minimum absolute atomic E-state index is 0.141. The molecule has 1 aromatic carbocycles. The third kappa shape index (κ3) is 1.72. The normalized spacial score (nSPS) is 19.5. The zero-order valence-corrected chi connectivity index (χ0v) is 8.30. The fourth-order valence-electron chi connectivity index (χ4n) is 1.80. The minimum Gasteiger partial charge on any atom is -0.324 e. The maximum atomic E-state index is 6.12. The Morgan fingerprint density at radius 2 is 2.00 bits per heavy atom. The highest BCUT2D eigenvalue weighted by molar-refractivity contribution is 6.31. The molecule has 1 saturated carbocycles. The second kappa shape index (κ2) is 3.69. The highest BCUT2D eigenvalue weighted by Gasteiger charge is 2.26. The Labute approximate surface area is 83.9 Å². The summed E-state index contributed by atoms with van der Waals surface area (Å²) in [6.45, 7) is 0. The van der Waals surface area contributed by atoms with Crippen LogP contribution in [0.2, 0.25) is 5.02 Å². The molecule has 1 nitrogen and oxygen atoms in total. The van der Waals surface area contributed by atoms with Gasteiger partial charge in [-0.2, -0.15) is 0 Å². The molecular formula is C11H14ClN. The van der Waals surface area contributed by atoms with Gasteiger partial charge in [-0.15, -0.1) is 0 Å². The van der Waals surface area contributed by atoms with Gasteiger partial charge in [-0.3, -0.25) is 0 Å². The summed E-state index contributed by atoms with van der Waals surface area (Å²) in [5.74, 6) is 0.653. The smallest absolute Gasteiger partial charge is 0.0453 e. The maximum absolute atomic E-state index is 6.12. The number of benzene rings is 1. The van der Waals surface area contributed by atoms with Gasteiger partial charge in [0.05, 0.1) is 0 Å². The molecule has 0 amide bonds. The van der Waals surface area contributed by atoms with Gasteiger partial charge < -0.3 is 5.73 Å². The number of nitrogens with two attached hydrogens (primary N) is 1. The highest BCUT2D eigenvalue weighted by atomic mass is 35.5. The molecule has 1 fully saturated rings. The van der Waals surface area contributed by atoms with Crippen LogP contribution in [0, 0.1) is 5.92 Å². The third-order valence-electron chi connectivity index (χ3n) is 2.92. The Kier molecular flexibility index (Phi) is 2.56. The fraction of sp³-hybridized carbons (Fsp3) is 0.455. The molecule has 0 unspecified atom stereocenters. The molecule has 1 atom stereocenters. The van der Waals surface area contributed by atoms with Crippen LogP contribution in [-0.2, 0) is 0 Å². The Balaban J connectivity index is 2.18. The molecular weight excluding hydrogens is 182 g/mol. The molecule has 0 radical (unpaired) electrons. The largest absolute Gasteiger partial charge is 0.324 e. The molecule has 0 heterocycles. The first-order valence-corrected chi connectivity index (χ1v) is 5.17. The van der Waals surface area contributed by atoms with Crippen LogP contribution in [0.15, 0.2) is 24.3 Å². The molecule has 70 valence electrons. The quantitative estimate of drug-likeness (QED) is 0.771. The van der Waals surface area contributed by atoms with E-state index in [9.17, 15) is 0 Å². The molecule has 0 saturated heterocycles. The summed E-state index contributed by atoms with van der Waals surface area (Å²) in [4.78, 5) is 0. The lowest BCUT2D eigenvalue weighted by Gasteiger charge is -2.31. The van der Waals surface area contributed by atoms with Crippen LogP contribution in [0.25, 0.3) is 0 Å². The number of hydrogen-bond acceptors (Lipinski definition) is 1. The van der Waals surface area contributed by atoms with Gasteiger partial charge >= 0.3 is 0 Å². The van der Waals surface area contributed by atoms with Crippen molar-refractivity contribution in [1.29, 1.82) is 0 Å². The number of hydrogen-bond donors (Lipinski definition) is 1. The number of rotatable bonds is 2. The SMILES string of the molecule is N[C@@H](c1ccccc1Cl)C1CCC1. The lowest BCUT2D eigenvalue weighted by atomic mass is 9.77. The molecule has 0 aliphatic heterocycles. The first-order valence-electron chi connectivity index (χ1n) is 4.79. The Hall–Kier alpha value is -0.530. The van der Waals surface area contributed by atoms with Gasteiger partial charge in [0.1, 0.15) is 0 Å². The second-order valence-electron chi connectivity index (χ2n) is 3.74. The van der Waals surface area contributed by atoms with Gasteiger partial charge in [0.15, 0.2) is 0 Å². The van der Waals surface area contributed by atoms with Crippen LogP contribution in [0.1, 0.15) is 30.9 Å². The zero-order valence-electron chi connectivity index (χ0n) is 7.54. The molecule has 0 aromatic heterocycles. The second-order valence-corrected chi connectivity index (χ2v) is 4.15. The van der Waals surface area contributed by atoms with Crippen molar-refractivity contribution in [2.45, 2.75) is 25.3 Å². The fourth-order valence-corrected chi connectivity index (χ4v) is 2.06. The van der Waals surface area contributed by atoms with E-state index in [1.54, 1.807) is 0 Å². The molecule has 2 N–H and O–H groups in total. The monoisotopic (exact) mass is 195 g/mol. The lowest BCUT2D eigenvalue weighted by molar-refractivity contribution is 0.264. The van der Waals surface area contributed by atoms with Gasteiger partial charge in [0, 0.05) is 11.1 Å². The van der Waals surface area contributed by atoms with Crippen molar-refractivity contribution in [1.82, 2.24) is 0 Å². The third-order valence-corrected chi connectivity index (χ3v) is 3.27. The summed E-state index contributed by atoms with van der Waals surface area (Å²) in [7, 11) is 0. The first-order chi connectivity index (χ1) is 6.29. The summed E-state index contributed by atoms with van der Waals surface area (Å²) in [5, 5.41) is 0.807. The van der Waals surface area contributed by atoms with Crippen LogP contribution in [0.5, 0.6) is 0 Å². The van der Waals surface area contributed by atoms with Gasteiger partial charge in [0.2, 0.25) is 0 Å². The molecule has 13 heavy (non-hydrogen) atoms. The summed E-state index contributed by atoms with van der Waals surface area (Å²) in [6, 6.07) is 8.03. The van der Waals surface area contributed by atoms with Crippen LogP contribution >= 0.6 is 11.6 Å². The zero-order chi connectivity index (χ0) is 9.26. The van der Waals surface area contributed by atoms with Crippen molar-refractivity contribution >= 4 is 11.6 Å². The van der Waals surface area contributed by atoms with E-state index in [-0.39, 0.29) is 6.04 Å². The first kappa shape index (κ1) is 9.04.